The molecule has 1 saturated heterocycles. The highest BCUT2D eigenvalue weighted by Crippen LogP contribution is 2.30. The van der Waals surface area contributed by atoms with Crippen molar-refractivity contribution in [3.8, 4) is 0 Å². The summed E-state index contributed by atoms with van der Waals surface area (Å²) in [6.45, 7) is 5.53. The van der Waals surface area contributed by atoms with E-state index in [2.05, 4.69) is 4.90 Å². The van der Waals surface area contributed by atoms with E-state index in [1.807, 2.05) is 31.2 Å². The van der Waals surface area contributed by atoms with E-state index < -0.39 is 17.8 Å². The molecule has 8 heteroatoms. The van der Waals surface area contributed by atoms with Gasteiger partial charge >= 0.3 is 12.1 Å². The van der Waals surface area contributed by atoms with Crippen LogP contribution in [-0.2, 0) is 33.3 Å². The van der Waals surface area contributed by atoms with E-state index in [-0.39, 0.29) is 24.7 Å². The number of carbonyl (C=O) groups excluding carboxylic acids is 1. The Morgan fingerprint density at radius 1 is 1.17 bits per heavy atom. The number of alkyl halides is 3. The molecule has 2 unspecified atom stereocenters. The van der Waals surface area contributed by atoms with Crippen molar-refractivity contribution < 1.29 is 32.5 Å². The predicted octanol–water partition coefficient (Wildman–Crippen LogP) is 5.35. The zero-order chi connectivity index (χ0) is 26.1. The first-order chi connectivity index (χ1) is 17.2. The first-order valence-corrected chi connectivity index (χ1v) is 12.6. The number of halogens is 3. The summed E-state index contributed by atoms with van der Waals surface area (Å²) < 4.78 is 49.5. The Morgan fingerprint density at radius 2 is 1.89 bits per heavy atom. The standard InChI is InChI=1S/C28H36F3NO4/c1-3-35-27(34)15-12-22-7-4-5-9-26(22)20(2)36-19-25(33)18-32-16-6-8-24(32)17-21-10-13-23(14-11-21)28(29,30)31/h4-5,7,9-11,13-14,20,24-25,33H,3,6,8,12,15-19H2,1-2H3/t20?,24-,25?/m0/s1. The number of aliphatic hydroxyl groups is 1. The number of β-amino-alcohol motifs (C(OH)–C–C–N with tert-alkyl or cyclic N) is 1. The normalized spacial score (nSPS) is 18.2. The average molecular weight is 508 g/mol. The van der Waals surface area contributed by atoms with Crippen LogP contribution in [-0.4, -0.2) is 54.4 Å². The number of rotatable bonds is 12. The molecule has 3 rings (SSSR count). The molecule has 1 aliphatic rings. The molecule has 1 N–H and O–H groups in total. The lowest BCUT2D eigenvalue weighted by atomic mass is 9.99. The lowest BCUT2D eigenvalue weighted by Crippen LogP contribution is -2.39. The molecule has 0 bridgehead atoms. The monoisotopic (exact) mass is 507 g/mol. The maximum absolute atomic E-state index is 12.8. The third kappa shape index (κ3) is 8.32. The highest BCUT2D eigenvalue weighted by Gasteiger charge is 2.31. The minimum atomic E-state index is -4.33. The smallest absolute Gasteiger partial charge is 0.416 e. The quantitative estimate of drug-likeness (QED) is 0.393. The summed E-state index contributed by atoms with van der Waals surface area (Å²) in [6.07, 6.45) is -1.83. The molecule has 2 aromatic carbocycles. The number of benzene rings is 2. The minimum Gasteiger partial charge on any atom is -0.466 e. The van der Waals surface area contributed by atoms with Gasteiger partial charge in [-0.2, -0.15) is 13.2 Å². The fourth-order valence-corrected chi connectivity index (χ4v) is 4.77. The topological polar surface area (TPSA) is 59.0 Å². The van der Waals surface area contributed by atoms with Gasteiger partial charge in [-0.3, -0.25) is 9.69 Å². The summed E-state index contributed by atoms with van der Waals surface area (Å²) in [5.74, 6) is -0.229. The van der Waals surface area contributed by atoms with Crippen LogP contribution in [0.1, 0.15) is 61.5 Å². The Balaban J connectivity index is 1.49. The molecule has 0 amide bonds. The van der Waals surface area contributed by atoms with Crippen molar-refractivity contribution in [2.45, 2.75) is 70.4 Å². The number of esters is 1. The number of aryl methyl sites for hydroxylation is 1. The van der Waals surface area contributed by atoms with Gasteiger partial charge in [0.15, 0.2) is 0 Å². The van der Waals surface area contributed by atoms with Gasteiger partial charge in [-0.1, -0.05) is 36.4 Å². The van der Waals surface area contributed by atoms with Gasteiger partial charge < -0.3 is 14.6 Å². The molecule has 0 spiro atoms. The summed E-state index contributed by atoms with van der Waals surface area (Å²) in [5, 5.41) is 10.7. The average Bonchev–Trinajstić information content (AvgIpc) is 3.27. The molecule has 3 atom stereocenters. The Bertz CT molecular complexity index is 964. The number of nitrogens with zero attached hydrogens (tertiary/aromatic N) is 1. The van der Waals surface area contributed by atoms with Gasteiger partial charge in [0.05, 0.1) is 31.0 Å². The maximum atomic E-state index is 12.8. The van der Waals surface area contributed by atoms with E-state index in [4.69, 9.17) is 9.47 Å². The molecular weight excluding hydrogens is 471 g/mol. The molecule has 5 nitrogen and oxygen atoms in total. The van der Waals surface area contributed by atoms with Crippen LogP contribution in [0.5, 0.6) is 0 Å². The zero-order valence-electron chi connectivity index (χ0n) is 21.0. The molecule has 2 aromatic rings. The molecule has 198 valence electrons. The highest BCUT2D eigenvalue weighted by atomic mass is 19.4. The Labute approximate surface area is 211 Å². The SMILES string of the molecule is CCOC(=O)CCc1ccccc1C(C)OCC(O)CN1CCC[C@H]1Cc1ccc(C(F)(F)F)cc1. The van der Waals surface area contributed by atoms with Crippen LogP contribution >= 0.6 is 0 Å². The summed E-state index contributed by atoms with van der Waals surface area (Å²) >= 11 is 0. The fraction of sp³-hybridized carbons (Fsp3) is 0.536. The Hall–Kier alpha value is -2.42. The van der Waals surface area contributed by atoms with Gasteiger partial charge in [0, 0.05) is 19.0 Å². The summed E-state index contributed by atoms with van der Waals surface area (Å²) in [5.41, 5.74) is 2.22. The molecule has 1 aliphatic heterocycles. The Kier molecular flexibility index (Phi) is 10.3. The minimum absolute atomic E-state index is 0.164. The van der Waals surface area contributed by atoms with Crippen molar-refractivity contribution in [1.29, 1.82) is 0 Å². The number of carbonyl (C=O) groups is 1. The van der Waals surface area contributed by atoms with Crippen LogP contribution in [0.25, 0.3) is 0 Å². The number of hydrogen-bond donors (Lipinski definition) is 1. The third-order valence-corrected chi connectivity index (χ3v) is 6.63. The second-order valence-corrected chi connectivity index (χ2v) is 9.32. The Morgan fingerprint density at radius 3 is 2.58 bits per heavy atom. The molecule has 1 fully saturated rings. The molecule has 0 aromatic heterocycles. The van der Waals surface area contributed by atoms with E-state index in [1.54, 1.807) is 19.1 Å². The van der Waals surface area contributed by atoms with E-state index >= 15 is 0 Å². The predicted molar refractivity (Wildman–Crippen MR) is 132 cm³/mol. The van der Waals surface area contributed by atoms with E-state index in [1.165, 1.54) is 0 Å². The van der Waals surface area contributed by atoms with Crippen molar-refractivity contribution in [2.75, 3.05) is 26.3 Å². The lowest BCUT2D eigenvalue weighted by molar-refractivity contribution is -0.143. The summed E-state index contributed by atoms with van der Waals surface area (Å²) in [4.78, 5) is 13.9. The van der Waals surface area contributed by atoms with Crippen LogP contribution in [0.4, 0.5) is 13.2 Å². The maximum Gasteiger partial charge on any atom is 0.416 e. The van der Waals surface area contributed by atoms with Gasteiger partial charge in [0.25, 0.3) is 0 Å². The number of hydrogen-bond acceptors (Lipinski definition) is 5. The molecule has 0 radical (unpaired) electrons. The molecular formula is C28H36F3NO4. The highest BCUT2D eigenvalue weighted by molar-refractivity contribution is 5.69. The molecule has 1 heterocycles. The lowest BCUT2D eigenvalue weighted by Gasteiger charge is -2.28. The second kappa shape index (κ2) is 13.2. The van der Waals surface area contributed by atoms with E-state index in [9.17, 15) is 23.1 Å². The summed E-state index contributed by atoms with van der Waals surface area (Å²) in [7, 11) is 0. The zero-order valence-corrected chi connectivity index (χ0v) is 21.0. The van der Waals surface area contributed by atoms with Crippen molar-refractivity contribution in [1.82, 2.24) is 4.90 Å². The number of likely N-dealkylation sites (tertiary alicyclic amines) is 1. The van der Waals surface area contributed by atoms with Gasteiger partial charge in [-0.05, 0) is 74.9 Å². The van der Waals surface area contributed by atoms with Crippen molar-refractivity contribution in [3.63, 3.8) is 0 Å². The van der Waals surface area contributed by atoms with Crippen molar-refractivity contribution in [3.05, 3.63) is 70.8 Å². The molecule has 0 aliphatic carbocycles. The van der Waals surface area contributed by atoms with Crippen LogP contribution in [0.3, 0.4) is 0 Å². The first-order valence-electron chi connectivity index (χ1n) is 12.6. The first kappa shape index (κ1) is 28.2. The van der Waals surface area contributed by atoms with Crippen LogP contribution < -0.4 is 0 Å². The van der Waals surface area contributed by atoms with Crippen molar-refractivity contribution in [2.24, 2.45) is 0 Å². The number of ether oxygens (including phenoxy) is 2. The number of aliphatic hydroxyl groups excluding tert-OH is 1. The third-order valence-electron chi connectivity index (χ3n) is 6.63. The van der Waals surface area contributed by atoms with Gasteiger partial charge in [0.1, 0.15) is 0 Å². The van der Waals surface area contributed by atoms with Gasteiger partial charge in [-0.25, -0.2) is 0 Å². The van der Waals surface area contributed by atoms with Gasteiger partial charge in [-0.15, -0.1) is 0 Å². The molecule has 0 saturated carbocycles. The van der Waals surface area contributed by atoms with E-state index in [0.29, 0.717) is 32.4 Å². The molecule has 36 heavy (non-hydrogen) atoms. The fourth-order valence-electron chi connectivity index (χ4n) is 4.77. The summed E-state index contributed by atoms with van der Waals surface area (Å²) in [6, 6.07) is 13.3. The van der Waals surface area contributed by atoms with Crippen LogP contribution in [0.15, 0.2) is 48.5 Å². The van der Waals surface area contributed by atoms with Gasteiger partial charge in [0.2, 0.25) is 0 Å². The van der Waals surface area contributed by atoms with Crippen molar-refractivity contribution >= 4 is 5.97 Å². The second-order valence-electron chi connectivity index (χ2n) is 9.32. The largest absolute Gasteiger partial charge is 0.466 e. The van der Waals surface area contributed by atoms with Crippen LogP contribution in [0.2, 0.25) is 0 Å². The van der Waals surface area contributed by atoms with Crippen LogP contribution in [0, 0.1) is 0 Å². The van der Waals surface area contributed by atoms with E-state index in [0.717, 1.165) is 48.2 Å².